The third-order valence-corrected chi connectivity index (χ3v) is 15.4. The van der Waals surface area contributed by atoms with Gasteiger partial charge in [-0.2, -0.15) is 11.8 Å². The molecular weight excluding hydrogens is 1080 g/mol. The summed E-state index contributed by atoms with van der Waals surface area (Å²) >= 11 is 1.46. The number of H-pyrrole nitrogens is 3. The maximum absolute atomic E-state index is 15.0. The Morgan fingerprint density at radius 1 is 0.506 bits per heavy atom. The van der Waals surface area contributed by atoms with Gasteiger partial charge in [0.05, 0.1) is 6.04 Å². The third kappa shape index (κ3) is 16.9. The van der Waals surface area contributed by atoms with Crippen molar-refractivity contribution in [1.29, 1.82) is 0 Å². The molecule has 0 spiro atoms. The van der Waals surface area contributed by atoms with Crippen LogP contribution in [0, 0.1) is 5.92 Å². The Bertz CT molecular complexity index is 3310. The van der Waals surface area contributed by atoms with Gasteiger partial charge in [-0.05, 0) is 91.5 Å². The second-order valence-electron chi connectivity index (χ2n) is 21.1. The van der Waals surface area contributed by atoms with Crippen molar-refractivity contribution >= 4 is 104 Å². The molecule has 3 aromatic heterocycles. The molecule has 17 N–H and O–H groups in total. The number of hydrogen-bond acceptors (Lipinski definition) is 12. The summed E-state index contributed by atoms with van der Waals surface area (Å²) in [5.74, 6) is -7.82. The molecule has 1 saturated heterocycles. The fourth-order valence-electron chi connectivity index (χ4n) is 10.1. The molecule has 0 radical (unpaired) electrons. The Hall–Kier alpha value is -8.71. The quantitative estimate of drug-likeness (QED) is 0.0287. The highest BCUT2D eigenvalue weighted by Gasteiger charge is 2.37. The van der Waals surface area contributed by atoms with Crippen LogP contribution in [0.15, 0.2) is 91.4 Å². The number of aromatic amines is 3. The molecule has 1 aliphatic heterocycles. The molecule has 0 bridgehead atoms. The number of primary amides is 3. The zero-order valence-electron chi connectivity index (χ0n) is 46.6. The van der Waals surface area contributed by atoms with Crippen molar-refractivity contribution in [3.8, 4) is 0 Å². The van der Waals surface area contributed by atoms with E-state index in [-0.39, 0.29) is 51.4 Å². The summed E-state index contributed by atoms with van der Waals surface area (Å²) in [6.45, 7) is 3.93. The molecule has 1 aliphatic rings. The smallest absolute Gasteiger partial charge is 0.243 e. The number of hydrogen-bond donors (Lipinski definition) is 14. The lowest BCUT2D eigenvalue weighted by Crippen LogP contribution is -2.61. The van der Waals surface area contributed by atoms with E-state index < -0.39 is 113 Å². The maximum atomic E-state index is 15.0. The van der Waals surface area contributed by atoms with Crippen molar-refractivity contribution in [3.05, 3.63) is 108 Å². The average Bonchev–Trinajstić information content (AvgIpc) is 4.44. The highest BCUT2D eigenvalue weighted by Crippen LogP contribution is 2.23. The molecule has 24 nitrogen and oxygen atoms in total. The van der Waals surface area contributed by atoms with Gasteiger partial charge in [0.15, 0.2) is 0 Å². The maximum Gasteiger partial charge on any atom is 0.243 e. The Labute approximate surface area is 483 Å². The first-order chi connectivity index (χ1) is 39.8. The van der Waals surface area contributed by atoms with Crippen LogP contribution in [0.2, 0.25) is 0 Å². The topological polar surface area (TPSA) is 392 Å². The van der Waals surface area contributed by atoms with Crippen LogP contribution >= 0.6 is 11.8 Å². The third-order valence-electron chi connectivity index (χ3n) is 14.7. The number of amides is 10. The average molecular weight is 1160 g/mol. The summed E-state index contributed by atoms with van der Waals surface area (Å²) in [7, 11) is 0. The van der Waals surface area contributed by atoms with E-state index in [1.807, 2.05) is 73.0 Å². The molecular formula is C58H74N14O10S. The van der Waals surface area contributed by atoms with Crippen LogP contribution in [0.1, 0.15) is 75.5 Å². The minimum Gasteiger partial charge on any atom is -0.370 e. The monoisotopic (exact) mass is 1160 g/mol. The predicted octanol–water partition coefficient (Wildman–Crippen LogP) is 0.729. The predicted molar refractivity (Wildman–Crippen MR) is 314 cm³/mol. The summed E-state index contributed by atoms with van der Waals surface area (Å²) in [6, 6.07) is 12.0. The normalized spacial score (nSPS) is 15.7. The van der Waals surface area contributed by atoms with Gasteiger partial charge in [-0.3, -0.25) is 47.9 Å². The number of rotatable bonds is 31. The summed E-state index contributed by atoms with van der Waals surface area (Å²) in [5.41, 5.74) is 20.9. The van der Waals surface area contributed by atoms with E-state index in [2.05, 4.69) is 57.5 Å². The Balaban J connectivity index is 1.17. The lowest BCUT2D eigenvalue weighted by Gasteiger charge is -2.29. The number of benzene rings is 3. The highest BCUT2D eigenvalue weighted by atomic mass is 32.2. The second kappa shape index (κ2) is 29.3. The van der Waals surface area contributed by atoms with Crippen molar-refractivity contribution < 1.29 is 47.9 Å². The standard InChI is InChI=1S/C58H74N14O10S/c1-31(2)50(58(82)71-46(26-33-29-64-39-15-8-5-12-36(33)39)56(80)70-45(55(79)66-41(51(61)75)22-24-83-3)25-32-28-63-38-14-7-4-11-35(32)38)72-57(81)47(27-34-30-65-40-16-9-6-13-37(34)40)69-54(78)44(19-21-49(60)74)68-53(77)43(18-20-48(59)73)67-52(76)42-17-10-23-62-42/h4-9,11-16,28-31,41-47,50,62-65H,10,17-27H2,1-3H3,(H2,59,73)(H2,60,74)(H2,61,75)(H,66,79)(H,67,76)(H,68,77)(H,69,78)(H,70,80)(H,71,82)(H,72,81)/t41-,42+,43-,44-,45+,46+,47+,50-/m0/s1. The Morgan fingerprint density at radius 2 is 0.892 bits per heavy atom. The van der Waals surface area contributed by atoms with E-state index >= 15 is 0 Å². The summed E-state index contributed by atoms with van der Waals surface area (Å²) in [4.78, 5) is 147. The van der Waals surface area contributed by atoms with Gasteiger partial charge in [-0.15, -0.1) is 0 Å². The molecule has 4 heterocycles. The van der Waals surface area contributed by atoms with Gasteiger partial charge in [0.25, 0.3) is 0 Å². The van der Waals surface area contributed by atoms with E-state index in [0.29, 0.717) is 40.8 Å². The summed E-state index contributed by atoms with van der Waals surface area (Å²) in [5, 5.41) is 24.5. The number of aromatic nitrogens is 3. The van der Waals surface area contributed by atoms with Crippen LogP contribution in [-0.2, 0) is 67.2 Å². The van der Waals surface area contributed by atoms with Gasteiger partial charge in [-0.1, -0.05) is 68.4 Å². The van der Waals surface area contributed by atoms with Gasteiger partial charge in [0.2, 0.25) is 59.1 Å². The number of nitrogens with one attached hydrogen (secondary N) is 11. The molecule has 3 aromatic carbocycles. The molecule has 83 heavy (non-hydrogen) atoms. The molecule has 0 saturated carbocycles. The molecule has 0 aliphatic carbocycles. The molecule has 6 aromatic rings. The summed E-state index contributed by atoms with van der Waals surface area (Å²) in [6.07, 6.45) is 6.91. The van der Waals surface area contributed by atoms with Gasteiger partial charge >= 0.3 is 0 Å². The number of fused-ring (bicyclic) bond motifs is 3. The lowest BCUT2D eigenvalue weighted by molar-refractivity contribution is -0.136. The molecule has 25 heteroatoms. The molecule has 0 unspecified atom stereocenters. The van der Waals surface area contributed by atoms with Crippen molar-refractivity contribution in [2.75, 3.05) is 18.6 Å². The van der Waals surface area contributed by atoms with Crippen LogP contribution in [0.5, 0.6) is 0 Å². The minimum atomic E-state index is -1.52. The molecule has 442 valence electrons. The zero-order valence-corrected chi connectivity index (χ0v) is 47.4. The van der Waals surface area contributed by atoms with Crippen LogP contribution in [-0.4, -0.2) is 141 Å². The van der Waals surface area contributed by atoms with Gasteiger partial charge in [0.1, 0.15) is 42.3 Å². The lowest BCUT2D eigenvalue weighted by atomic mass is 9.98. The number of carbonyl (C=O) groups is 10. The van der Waals surface area contributed by atoms with Gasteiger partial charge in [0, 0.05) is 83.4 Å². The zero-order chi connectivity index (χ0) is 59.7. The SMILES string of the molecule is CSCC[C@H](NC(=O)[C@@H](Cc1c[nH]c2ccccc12)NC(=O)[C@@H](Cc1c[nH]c2ccccc12)NC(=O)[C@@H](NC(=O)[C@@H](Cc1c[nH]c2ccccc12)NC(=O)[C@H](CCC(N)=O)NC(=O)[C@H](CCC(N)=O)NC(=O)[C@H]1CCCN1)C(C)C)C(N)=O. The first-order valence-electron chi connectivity index (χ1n) is 27.7. The van der Waals surface area contributed by atoms with Crippen LogP contribution < -0.4 is 59.7 Å². The number of thioether (sulfide) groups is 1. The molecule has 1 fully saturated rings. The van der Waals surface area contributed by atoms with Crippen molar-refractivity contribution in [1.82, 2.24) is 57.5 Å². The molecule has 7 rings (SSSR count). The van der Waals surface area contributed by atoms with Gasteiger partial charge in [-0.25, -0.2) is 0 Å². The molecule has 8 atom stereocenters. The van der Waals surface area contributed by atoms with Crippen LogP contribution in [0.25, 0.3) is 32.7 Å². The fraction of sp³-hybridized carbons (Fsp3) is 0.414. The second-order valence-corrected chi connectivity index (χ2v) is 22.1. The van der Waals surface area contributed by atoms with Crippen molar-refractivity contribution in [3.63, 3.8) is 0 Å². The minimum absolute atomic E-state index is 0.0325. The highest BCUT2D eigenvalue weighted by molar-refractivity contribution is 7.98. The van der Waals surface area contributed by atoms with Crippen molar-refractivity contribution in [2.24, 2.45) is 23.1 Å². The van der Waals surface area contributed by atoms with Crippen LogP contribution in [0.4, 0.5) is 0 Å². The fourth-order valence-corrected chi connectivity index (χ4v) is 10.6. The number of nitrogens with two attached hydrogens (primary N) is 3. The van der Waals surface area contributed by atoms with E-state index in [1.165, 1.54) is 11.8 Å². The van der Waals surface area contributed by atoms with Gasteiger partial charge < -0.3 is 74.7 Å². The first-order valence-corrected chi connectivity index (χ1v) is 29.0. The largest absolute Gasteiger partial charge is 0.370 e. The summed E-state index contributed by atoms with van der Waals surface area (Å²) < 4.78 is 0. The molecule has 10 amide bonds. The number of carbonyl (C=O) groups excluding carboxylic acids is 10. The van der Waals surface area contributed by atoms with E-state index in [1.54, 1.807) is 38.5 Å². The van der Waals surface area contributed by atoms with E-state index in [4.69, 9.17) is 17.2 Å². The van der Waals surface area contributed by atoms with Crippen LogP contribution in [0.3, 0.4) is 0 Å². The number of para-hydroxylation sites is 3. The first kappa shape index (κ1) is 61.9. The Morgan fingerprint density at radius 3 is 1.29 bits per heavy atom. The van der Waals surface area contributed by atoms with Crippen molar-refractivity contribution in [2.45, 2.75) is 126 Å². The van der Waals surface area contributed by atoms with E-state index in [0.717, 1.165) is 33.7 Å². The Kier molecular flexibility index (Phi) is 21.9. The van der Waals surface area contributed by atoms with E-state index in [9.17, 15) is 47.9 Å².